The van der Waals surface area contributed by atoms with Crippen LogP contribution in [-0.2, 0) is 21.6 Å². The second kappa shape index (κ2) is 18.4. The van der Waals surface area contributed by atoms with E-state index < -0.39 is 17.7 Å². The molecule has 3 aromatic rings. The number of anilines is 1. The number of aliphatic hydroxyl groups is 2. The summed E-state index contributed by atoms with van der Waals surface area (Å²) in [4.78, 5) is 16.4. The summed E-state index contributed by atoms with van der Waals surface area (Å²) in [6.45, 7) is 6.13. The summed E-state index contributed by atoms with van der Waals surface area (Å²) in [6, 6.07) is 11.1. The molecule has 1 fully saturated rings. The number of methoxy groups -OCH3 is 1. The summed E-state index contributed by atoms with van der Waals surface area (Å²) >= 11 is 9.53. The van der Waals surface area contributed by atoms with Crippen LogP contribution in [-0.4, -0.2) is 84.0 Å². The van der Waals surface area contributed by atoms with Crippen LogP contribution in [0.4, 0.5) is 5.69 Å². The summed E-state index contributed by atoms with van der Waals surface area (Å²) in [5.41, 5.74) is 1.95. The van der Waals surface area contributed by atoms with Crippen LogP contribution in [0.1, 0.15) is 66.2 Å². The number of nitrogens with zero attached hydrogens (tertiary/aromatic N) is 1. The number of allylic oxidation sites excluding steroid dienone is 2. The van der Waals surface area contributed by atoms with E-state index in [0.717, 1.165) is 49.8 Å². The number of hydrogen-bond acceptors (Lipinski definition) is 12. The summed E-state index contributed by atoms with van der Waals surface area (Å²) in [6.07, 6.45) is 10.1. The predicted molar refractivity (Wildman–Crippen MR) is 218 cm³/mol. The summed E-state index contributed by atoms with van der Waals surface area (Å²) < 4.78 is 17.7. The standard InChI is InChI=1S/C41H50ClN3O7S2/c1-26-9-14-31-30(15-16-33(46)39(31)44-26)34(47)25-43-18-17-27-23-32(42)36(24-35(27)50-3)51-20-6-19-45(2)28-10-12-29(13-11-28)52-40(48)41(49,37-7-4-21-53-37)38-8-5-22-54-38/h4-5,7,9,14-16,21-24,28-29,34,38,43-44,46-47,49H,1,6,8,10-13,17-20,25H2,2-3H3/t28?,29?,34-,38?,41?/m0/s1. The number of phenols is 1. The van der Waals surface area contributed by atoms with Gasteiger partial charge >= 0.3 is 5.97 Å². The molecule has 13 heteroatoms. The molecule has 1 aliphatic carbocycles. The smallest absolute Gasteiger partial charge is 0.345 e. The first kappa shape index (κ1) is 40.2. The summed E-state index contributed by atoms with van der Waals surface area (Å²) in [5, 5.41) is 43.2. The topological polar surface area (TPSA) is 133 Å². The number of ether oxygens (including phenoxy) is 3. The van der Waals surface area contributed by atoms with E-state index in [-0.39, 0.29) is 17.1 Å². The number of aromatic hydroxyl groups is 1. The molecule has 2 aromatic carbocycles. The molecule has 0 spiro atoms. The summed E-state index contributed by atoms with van der Waals surface area (Å²) in [7, 11) is 3.75. The highest BCUT2D eigenvalue weighted by molar-refractivity contribution is 8.03. The molecule has 0 amide bonds. The molecule has 5 N–H and O–H groups in total. The number of esters is 1. The highest BCUT2D eigenvalue weighted by atomic mass is 35.5. The van der Waals surface area contributed by atoms with Crippen LogP contribution in [0.5, 0.6) is 17.2 Å². The lowest BCUT2D eigenvalue weighted by atomic mass is 9.91. The number of aliphatic hydroxyl groups excluding tert-OH is 1. The van der Waals surface area contributed by atoms with Crippen molar-refractivity contribution in [3.8, 4) is 17.2 Å². The summed E-state index contributed by atoms with van der Waals surface area (Å²) in [5.74, 6) is 0.823. The van der Waals surface area contributed by atoms with Crippen LogP contribution in [0.2, 0.25) is 5.02 Å². The lowest BCUT2D eigenvalue weighted by molar-refractivity contribution is -0.174. The van der Waals surface area contributed by atoms with Crippen molar-refractivity contribution in [3.63, 3.8) is 0 Å². The number of halogens is 1. The number of benzene rings is 2. The Morgan fingerprint density at radius 1 is 1.19 bits per heavy atom. The number of hydrogen-bond donors (Lipinski definition) is 5. The second-order valence-corrected chi connectivity index (χ2v) is 16.5. The first-order valence-corrected chi connectivity index (χ1v) is 20.6. The lowest BCUT2D eigenvalue weighted by Crippen LogP contribution is -2.47. The van der Waals surface area contributed by atoms with E-state index in [0.29, 0.717) is 76.9 Å². The molecule has 10 nitrogen and oxygen atoms in total. The van der Waals surface area contributed by atoms with E-state index in [1.54, 1.807) is 19.2 Å². The van der Waals surface area contributed by atoms with Crippen LogP contribution in [0.15, 0.2) is 71.6 Å². The van der Waals surface area contributed by atoms with Gasteiger partial charge in [0.15, 0.2) is 0 Å². The van der Waals surface area contributed by atoms with Gasteiger partial charge in [0, 0.05) is 41.3 Å². The Bertz CT molecular complexity index is 1820. The van der Waals surface area contributed by atoms with E-state index in [1.165, 1.54) is 23.1 Å². The van der Waals surface area contributed by atoms with Crippen molar-refractivity contribution in [2.45, 2.75) is 74.0 Å². The average Bonchev–Trinajstić information content (AvgIpc) is 3.92. The van der Waals surface area contributed by atoms with Gasteiger partial charge in [-0.05, 0) is 105 Å². The Morgan fingerprint density at radius 2 is 2.00 bits per heavy atom. The van der Waals surface area contributed by atoms with Crippen LogP contribution in [0.3, 0.4) is 0 Å². The zero-order chi connectivity index (χ0) is 38.2. The highest BCUT2D eigenvalue weighted by Gasteiger charge is 2.49. The maximum atomic E-state index is 13.4. The number of fused-ring (bicyclic) bond motifs is 1. The van der Waals surface area contributed by atoms with Gasteiger partial charge in [-0.25, -0.2) is 4.79 Å². The zero-order valence-corrected chi connectivity index (χ0v) is 33.2. The van der Waals surface area contributed by atoms with Gasteiger partial charge in [-0.15, -0.1) is 23.1 Å². The second-order valence-electron chi connectivity index (χ2n) is 14.0. The first-order valence-electron chi connectivity index (χ1n) is 18.4. The van der Waals surface area contributed by atoms with Crippen LogP contribution < -0.4 is 20.1 Å². The van der Waals surface area contributed by atoms with Gasteiger partial charge in [0.05, 0.1) is 35.8 Å². The third kappa shape index (κ3) is 9.30. The molecule has 0 saturated heterocycles. The zero-order valence-electron chi connectivity index (χ0n) is 30.8. The Kier molecular flexibility index (Phi) is 13.7. The molecule has 0 radical (unpaired) electrons. The Morgan fingerprint density at radius 3 is 2.72 bits per heavy atom. The molecular weight excluding hydrogens is 746 g/mol. The quantitative estimate of drug-likeness (QED) is 0.0532. The fraction of sp³-hybridized carbons (Fsp3) is 0.439. The molecule has 3 atom stereocenters. The third-order valence-electron chi connectivity index (χ3n) is 10.4. The van der Waals surface area contributed by atoms with Crippen molar-refractivity contribution in [1.82, 2.24) is 10.2 Å². The molecule has 1 saturated carbocycles. The maximum Gasteiger partial charge on any atom is 0.345 e. The largest absolute Gasteiger partial charge is 0.506 e. The van der Waals surface area contributed by atoms with Crippen molar-refractivity contribution < 1.29 is 34.3 Å². The fourth-order valence-corrected chi connectivity index (χ4v) is 9.56. The molecular formula is C41H50ClN3O7S2. The van der Waals surface area contributed by atoms with Crippen molar-refractivity contribution in [2.75, 3.05) is 45.7 Å². The Labute approximate surface area is 330 Å². The van der Waals surface area contributed by atoms with Crippen molar-refractivity contribution >= 4 is 52.4 Å². The lowest BCUT2D eigenvalue weighted by Gasteiger charge is -2.36. The molecule has 0 bridgehead atoms. The third-order valence-corrected chi connectivity index (χ3v) is 12.9. The Hall–Kier alpha value is -3.49. The Balaban J connectivity index is 0.913. The molecule has 3 heterocycles. The van der Waals surface area contributed by atoms with Gasteiger partial charge < -0.3 is 45.1 Å². The van der Waals surface area contributed by atoms with Gasteiger partial charge in [0.25, 0.3) is 0 Å². The number of rotatable bonds is 17. The van der Waals surface area contributed by atoms with Gasteiger partial charge in [-0.3, -0.25) is 0 Å². The monoisotopic (exact) mass is 795 g/mol. The van der Waals surface area contributed by atoms with Gasteiger partial charge in [0.2, 0.25) is 5.60 Å². The van der Waals surface area contributed by atoms with Crippen LogP contribution >= 0.6 is 34.7 Å². The number of phenolic OH excluding ortho intramolecular Hbond substituents is 1. The molecule has 3 aliphatic rings. The van der Waals surface area contributed by atoms with Crippen molar-refractivity contribution in [1.29, 1.82) is 0 Å². The average molecular weight is 796 g/mol. The SMILES string of the molecule is C=C1C=Cc2c([C@@H](O)CNCCc3cc(Cl)c(OCCCN(C)C4CCC(OC(=O)C(O)(c5cccs5)C5CC=CS5)CC4)cc3OC)ccc(O)c2N1. The molecule has 290 valence electrons. The number of thioether (sulfide) groups is 1. The molecule has 2 aliphatic heterocycles. The van der Waals surface area contributed by atoms with Crippen molar-refractivity contribution in [2.24, 2.45) is 0 Å². The van der Waals surface area contributed by atoms with E-state index in [4.69, 9.17) is 25.8 Å². The molecule has 6 rings (SSSR count). The van der Waals surface area contributed by atoms with Crippen LogP contribution in [0.25, 0.3) is 6.08 Å². The van der Waals surface area contributed by atoms with E-state index >= 15 is 0 Å². The number of thiophene rings is 1. The minimum Gasteiger partial charge on any atom is -0.506 e. The normalized spacial score (nSPS) is 21.0. The minimum absolute atomic E-state index is 0.108. The minimum atomic E-state index is -1.64. The number of carbonyl (C=O) groups is 1. The van der Waals surface area contributed by atoms with E-state index in [9.17, 15) is 20.1 Å². The van der Waals surface area contributed by atoms with Crippen molar-refractivity contribution in [3.05, 3.63) is 98.2 Å². The number of nitrogens with one attached hydrogen (secondary N) is 2. The predicted octanol–water partition coefficient (Wildman–Crippen LogP) is 7.40. The highest BCUT2D eigenvalue weighted by Crippen LogP contribution is 2.43. The van der Waals surface area contributed by atoms with E-state index in [1.807, 2.05) is 53.3 Å². The van der Waals surface area contributed by atoms with E-state index in [2.05, 4.69) is 29.2 Å². The first-order chi connectivity index (χ1) is 26.1. The van der Waals surface area contributed by atoms with Gasteiger partial charge in [0.1, 0.15) is 23.4 Å². The van der Waals surface area contributed by atoms with Gasteiger partial charge in [-0.2, -0.15) is 0 Å². The maximum absolute atomic E-state index is 13.4. The van der Waals surface area contributed by atoms with Gasteiger partial charge in [-0.1, -0.05) is 42.5 Å². The van der Waals surface area contributed by atoms with Crippen LogP contribution in [0, 0.1) is 0 Å². The number of carbonyl (C=O) groups excluding carboxylic acids is 1. The fourth-order valence-electron chi connectivity index (χ4n) is 7.32. The molecule has 2 unspecified atom stereocenters. The molecule has 1 aromatic heterocycles. The molecule has 54 heavy (non-hydrogen) atoms.